The highest BCUT2D eigenvalue weighted by Crippen LogP contribution is 2.18. The van der Waals surface area contributed by atoms with Crippen molar-refractivity contribution in [3.63, 3.8) is 0 Å². The van der Waals surface area contributed by atoms with E-state index < -0.39 is 0 Å². The van der Waals surface area contributed by atoms with Crippen LogP contribution in [0.5, 0.6) is 5.75 Å². The zero-order chi connectivity index (χ0) is 15.2. The van der Waals surface area contributed by atoms with Crippen molar-refractivity contribution in [1.29, 1.82) is 0 Å². The Hall–Kier alpha value is -1.62. The van der Waals surface area contributed by atoms with Crippen molar-refractivity contribution < 1.29 is 9.13 Å². The predicted octanol–water partition coefficient (Wildman–Crippen LogP) is 3.10. The molecule has 0 spiro atoms. The summed E-state index contributed by atoms with van der Waals surface area (Å²) in [4.78, 5) is 0. The number of nitrogens with two attached hydrogens (primary N) is 1. The fourth-order valence-corrected chi connectivity index (χ4v) is 2.35. The van der Waals surface area contributed by atoms with Gasteiger partial charge in [-0.2, -0.15) is 0 Å². The Balaban J connectivity index is 2.05. The van der Waals surface area contributed by atoms with Crippen LogP contribution in [-0.4, -0.2) is 13.2 Å². The van der Waals surface area contributed by atoms with Gasteiger partial charge >= 0.3 is 0 Å². The SMILES string of the molecule is COc1ccc(CC(Cc2ccc(Cl)cc2F)NN)cc1. The van der Waals surface area contributed by atoms with Crippen LogP contribution < -0.4 is 16.0 Å². The summed E-state index contributed by atoms with van der Waals surface area (Å²) in [6, 6.07) is 12.4. The van der Waals surface area contributed by atoms with E-state index in [4.69, 9.17) is 22.2 Å². The van der Waals surface area contributed by atoms with Crippen molar-refractivity contribution >= 4 is 11.6 Å². The van der Waals surface area contributed by atoms with Crippen LogP contribution in [0.1, 0.15) is 11.1 Å². The van der Waals surface area contributed by atoms with E-state index in [0.717, 1.165) is 11.3 Å². The van der Waals surface area contributed by atoms with Crippen molar-refractivity contribution in [1.82, 2.24) is 5.43 Å². The minimum absolute atomic E-state index is 0.0610. The van der Waals surface area contributed by atoms with Crippen LogP contribution in [0.25, 0.3) is 0 Å². The Kier molecular flexibility index (Phi) is 5.56. The molecule has 0 saturated carbocycles. The van der Waals surface area contributed by atoms with Crippen LogP contribution in [0.15, 0.2) is 42.5 Å². The number of benzene rings is 2. The summed E-state index contributed by atoms with van der Waals surface area (Å²) in [6.07, 6.45) is 1.19. The third kappa shape index (κ3) is 4.43. The van der Waals surface area contributed by atoms with Gasteiger partial charge in [0.2, 0.25) is 0 Å². The Labute approximate surface area is 128 Å². The molecular weight excluding hydrogens is 291 g/mol. The van der Waals surface area contributed by atoms with Crippen LogP contribution in [0.2, 0.25) is 5.02 Å². The Morgan fingerprint density at radius 1 is 1.19 bits per heavy atom. The standard InChI is InChI=1S/C16H18ClFN2O/c1-21-15-6-2-11(3-7-15)8-14(20-19)9-12-4-5-13(17)10-16(12)18/h2-7,10,14,20H,8-9,19H2,1H3. The minimum Gasteiger partial charge on any atom is -0.497 e. The highest BCUT2D eigenvalue weighted by molar-refractivity contribution is 6.30. The maximum atomic E-state index is 13.8. The molecule has 0 radical (unpaired) electrons. The van der Waals surface area contributed by atoms with Gasteiger partial charge in [0.1, 0.15) is 11.6 Å². The van der Waals surface area contributed by atoms with Crippen LogP contribution >= 0.6 is 11.6 Å². The van der Waals surface area contributed by atoms with Gasteiger partial charge in [-0.05, 0) is 48.2 Å². The fraction of sp³-hybridized carbons (Fsp3) is 0.250. The smallest absolute Gasteiger partial charge is 0.127 e. The molecule has 0 aliphatic heterocycles. The molecule has 0 saturated heterocycles. The summed E-state index contributed by atoms with van der Waals surface area (Å²) in [5, 5.41) is 0.392. The van der Waals surface area contributed by atoms with Gasteiger partial charge in [0, 0.05) is 11.1 Å². The zero-order valence-electron chi connectivity index (χ0n) is 11.8. The maximum Gasteiger partial charge on any atom is 0.127 e. The van der Waals surface area contributed by atoms with Gasteiger partial charge in [0.05, 0.1) is 7.11 Å². The van der Waals surface area contributed by atoms with Gasteiger partial charge in [-0.3, -0.25) is 11.3 Å². The number of methoxy groups -OCH3 is 1. The number of nitrogens with one attached hydrogen (secondary N) is 1. The number of hydrogen-bond acceptors (Lipinski definition) is 3. The van der Waals surface area contributed by atoms with Crippen LogP contribution in [0, 0.1) is 5.82 Å². The van der Waals surface area contributed by atoms with E-state index in [1.165, 1.54) is 6.07 Å². The largest absolute Gasteiger partial charge is 0.497 e. The summed E-state index contributed by atoms with van der Waals surface area (Å²) in [5.74, 6) is 6.08. The summed E-state index contributed by atoms with van der Waals surface area (Å²) >= 11 is 5.75. The van der Waals surface area contributed by atoms with E-state index in [2.05, 4.69) is 5.43 Å². The van der Waals surface area contributed by atoms with Gasteiger partial charge < -0.3 is 4.74 Å². The molecule has 1 unspecified atom stereocenters. The number of hydrogen-bond donors (Lipinski definition) is 2. The molecule has 0 aromatic heterocycles. The van der Waals surface area contributed by atoms with Gasteiger partial charge in [-0.15, -0.1) is 0 Å². The van der Waals surface area contributed by atoms with E-state index in [1.807, 2.05) is 24.3 Å². The van der Waals surface area contributed by atoms with Crippen LogP contribution in [-0.2, 0) is 12.8 Å². The van der Waals surface area contributed by atoms with Crippen LogP contribution in [0.4, 0.5) is 4.39 Å². The molecule has 0 heterocycles. The first-order valence-electron chi connectivity index (χ1n) is 6.65. The first kappa shape index (κ1) is 15.8. The highest BCUT2D eigenvalue weighted by Gasteiger charge is 2.12. The lowest BCUT2D eigenvalue weighted by Crippen LogP contribution is -2.38. The summed E-state index contributed by atoms with van der Waals surface area (Å²) in [6.45, 7) is 0. The second kappa shape index (κ2) is 7.41. The van der Waals surface area contributed by atoms with Gasteiger partial charge in [-0.1, -0.05) is 29.8 Å². The molecule has 0 aliphatic carbocycles. The quantitative estimate of drug-likeness (QED) is 0.637. The third-order valence-electron chi connectivity index (χ3n) is 3.36. The Bertz CT molecular complexity index is 589. The predicted molar refractivity (Wildman–Crippen MR) is 82.9 cm³/mol. The second-order valence-electron chi connectivity index (χ2n) is 4.86. The summed E-state index contributed by atoms with van der Waals surface area (Å²) in [5.41, 5.74) is 4.44. The summed E-state index contributed by atoms with van der Waals surface area (Å²) in [7, 11) is 1.63. The molecule has 3 nitrogen and oxygen atoms in total. The topological polar surface area (TPSA) is 47.3 Å². The molecule has 0 aliphatic rings. The molecule has 2 aromatic rings. The normalized spacial score (nSPS) is 12.2. The van der Waals surface area contributed by atoms with E-state index in [1.54, 1.807) is 19.2 Å². The lowest BCUT2D eigenvalue weighted by atomic mass is 9.99. The second-order valence-corrected chi connectivity index (χ2v) is 5.29. The number of rotatable bonds is 6. The molecule has 5 heteroatoms. The first-order valence-corrected chi connectivity index (χ1v) is 7.03. The monoisotopic (exact) mass is 308 g/mol. The molecule has 21 heavy (non-hydrogen) atoms. The average Bonchev–Trinajstić information content (AvgIpc) is 2.49. The average molecular weight is 309 g/mol. The maximum absolute atomic E-state index is 13.8. The van der Waals surface area contributed by atoms with Gasteiger partial charge in [0.15, 0.2) is 0 Å². The third-order valence-corrected chi connectivity index (χ3v) is 3.59. The van der Waals surface area contributed by atoms with E-state index >= 15 is 0 Å². The minimum atomic E-state index is -0.308. The molecule has 112 valence electrons. The molecule has 3 N–H and O–H groups in total. The Morgan fingerprint density at radius 2 is 1.90 bits per heavy atom. The van der Waals surface area contributed by atoms with E-state index in [0.29, 0.717) is 23.4 Å². The van der Waals surface area contributed by atoms with Crippen molar-refractivity contribution in [3.8, 4) is 5.75 Å². The molecule has 2 aromatic carbocycles. The van der Waals surface area contributed by atoms with E-state index in [9.17, 15) is 4.39 Å². The van der Waals surface area contributed by atoms with E-state index in [-0.39, 0.29) is 11.9 Å². The van der Waals surface area contributed by atoms with Gasteiger partial charge in [0.25, 0.3) is 0 Å². The molecule has 0 amide bonds. The lowest BCUT2D eigenvalue weighted by Gasteiger charge is -2.17. The molecule has 0 fully saturated rings. The number of ether oxygens (including phenoxy) is 1. The van der Waals surface area contributed by atoms with Crippen molar-refractivity contribution in [3.05, 3.63) is 64.4 Å². The molecular formula is C16H18ClFN2O. The number of hydrazine groups is 1. The first-order chi connectivity index (χ1) is 10.1. The molecule has 0 bridgehead atoms. The molecule has 2 rings (SSSR count). The zero-order valence-corrected chi connectivity index (χ0v) is 12.5. The van der Waals surface area contributed by atoms with Crippen molar-refractivity contribution in [2.45, 2.75) is 18.9 Å². The summed E-state index contributed by atoms with van der Waals surface area (Å²) < 4.78 is 18.9. The highest BCUT2D eigenvalue weighted by atomic mass is 35.5. The lowest BCUT2D eigenvalue weighted by molar-refractivity contribution is 0.414. The van der Waals surface area contributed by atoms with Crippen LogP contribution in [0.3, 0.4) is 0 Å². The van der Waals surface area contributed by atoms with Crippen molar-refractivity contribution in [2.24, 2.45) is 5.84 Å². The fourth-order valence-electron chi connectivity index (χ4n) is 2.19. The van der Waals surface area contributed by atoms with Crippen molar-refractivity contribution in [2.75, 3.05) is 7.11 Å². The Morgan fingerprint density at radius 3 is 2.48 bits per heavy atom. The molecule has 1 atom stereocenters. The van der Waals surface area contributed by atoms with Gasteiger partial charge in [-0.25, -0.2) is 4.39 Å². The number of halogens is 2.